The van der Waals surface area contributed by atoms with Gasteiger partial charge in [-0.15, -0.1) is 0 Å². The van der Waals surface area contributed by atoms with Crippen LogP contribution in [0.2, 0.25) is 0 Å². The molecule has 0 aliphatic rings. The Bertz CT molecular complexity index is 1270. The minimum Gasteiger partial charge on any atom is -0.744 e. The summed E-state index contributed by atoms with van der Waals surface area (Å²) < 4.78 is 203. The van der Waals surface area contributed by atoms with Gasteiger partial charge in [0.25, 0.3) is 0 Å². The molecule has 0 heterocycles. The van der Waals surface area contributed by atoms with Gasteiger partial charge in [0.1, 0.15) is 60.7 Å². The van der Waals surface area contributed by atoms with E-state index in [1.165, 1.54) is 0 Å². The van der Waals surface area contributed by atoms with E-state index in [-0.39, 0.29) is 194 Å². The third-order valence-electron chi connectivity index (χ3n) is 2.74. The molecule has 198 valence electrons. The van der Waals surface area contributed by atoms with Gasteiger partial charge in [-0.25, -0.2) is 50.5 Å². The van der Waals surface area contributed by atoms with E-state index in [0.29, 0.717) is 0 Å². The summed E-state index contributed by atoms with van der Waals surface area (Å²) in [7, 11) is -41.8. The fourth-order valence-electron chi connectivity index (χ4n) is 1.98. The number of hydrogen-bond acceptors (Lipinski definition) is 18. The van der Waals surface area contributed by atoms with Crippen molar-refractivity contribution in [2.45, 2.75) is 29.4 Å². The summed E-state index contributed by atoms with van der Waals surface area (Å²) in [6.45, 7) is 0. The molecule has 0 amide bonds. The molecule has 0 aromatic heterocycles. The van der Waals surface area contributed by atoms with E-state index < -0.39 is 90.1 Å². The second kappa shape index (κ2) is 21.4. The molecule has 0 aliphatic carbocycles. The van der Waals surface area contributed by atoms with E-state index in [2.05, 4.69) is 0 Å². The van der Waals surface area contributed by atoms with Crippen molar-refractivity contribution in [3.05, 3.63) is 0 Å². The van der Waals surface area contributed by atoms with E-state index in [1.807, 2.05) is 0 Å². The van der Waals surface area contributed by atoms with Gasteiger partial charge in [-0.05, 0) is 0 Å². The molecule has 0 saturated heterocycles. The topological polar surface area (TPSA) is 438 Å². The van der Waals surface area contributed by atoms with E-state index in [0.717, 1.165) is 0 Å². The first-order valence-electron chi connectivity index (χ1n) is 5.72. The van der Waals surface area contributed by atoms with Crippen molar-refractivity contribution in [2.24, 2.45) is 0 Å². The van der Waals surface area contributed by atoms with Gasteiger partial charge >= 0.3 is 177 Å². The molecular formula is C6H6Na6O21S6. The third-order valence-corrected chi connectivity index (χ3v) is 8.96. The van der Waals surface area contributed by atoms with Crippen LogP contribution in [-0.4, -0.2) is 94.3 Å². The summed E-state index contributed by atoms with van der Waals surface area (Å²) in [5, 5.41) is 0. The van der Waals surface area contributed by atoms with Crippen molar-refractivity contribution in [1.82, 2.24) is 0 Å². The van der Waals surface area contributed by atoms with Crippen LogP contribution in [0.1, 0.15) is 0 Å². The first-order chi connectivity index (χ1) is 12.7. The summed E-state index contributed by atoms with van der Waals surface area (Å²) >= 11 is 0. The summed E-state index contributed by atoms with van der Waals surface area (Å²) in [6, 6.07) is 0. The van der Waals surface area contributed by atoms with Crippen LogP contribution in [0.15, 0.2) is 29.4 Å². The van der Waals surface area contributed by atoms with E-state index in [1.54, 1.807) is 0 Å². The molecule has 0 unspecified atom stereocenters. The van der Waals surface area contributed by atoms with Gasteiger partial charge in [0.05, 0.1) is 29.4 Å². The van der Waals surface area contributed by atoms with Gasteiger partial charge in [0.15, 0.2) is 0 Å². The van der Waals surface area contributed by atoms with Crippen molar-refractivity contribution < 1.29 is 272 Å². The van der Waals surface area contributed by atoms with Crippen LogP contribution in [0.5, 0.6) is 0 Å². The van der Waals surface area contributed by atoms with Crippen LogP contribution in [0.3, 0.4) is 0 Å². The Kier molecular flexibility index (Phi) is 36.3. The Hall–Kier alpha value is 4.56. The van der Waals surface area contributed by atoms with Crippen LogP contribution in [0, 0.1) is 0 Å². The Balaban J connectivity index is -0.000000143. The Morgan fingerprint density at radius 3 is 0.333 bits per heavy atom. The molecule has 0 atom stereocenters. The average molecular weight is 744 g/mol. The Morgan fingerprint density at radius 1 is 0.256 bits per heavy atom. The molecule has 6 N–H and O–H groups in total. The minimum atomic E-state index is -6.97. The maximum Gasteiger partial charge on any atom is 1.00 e. The summed E-state index contributed by atoms with van der Waals surface area (Å²) in [5.74, 6) is 0. The van der Waals surface area contributed by atoms with Gasteiger partial charge in [0.2, 0.25) is 0 Å². The zero-order valence-corrected chi connectivity index (χ0v) is 37.2. The molecule has 33 heteroatoms. The van der Waals surface area contributed by atoms with Crippen molar-refractivity contribution >= 4 is 60.7 Å². The molecule has 1 rings (SSSR count). The second-order valence-electron chi connectivity index (χ2n) is 4.70. The normalized spacial score (nSPS) is 11.2. The first-order valence-corrected chi connectivity index (χ1v) is 14.2. The smallest absolute Gasteiger partial charge is 0.744 e. The van der Waals surface area contributed by atoms with Crippen LogP contribution < -0.4 is 177 Å². The molecule has 0 fully saturated rings. The molecule has 0 bridgehead atoms. The van der Waals surface area contributed by atoms with E-state index >= 15 is 0 Å². The monoisotopic (exact) mass is 744 g/mol. The number of benzene rings is 1. The third kappa shape index (κ3) is 16.8. The van der Waals surface area contributed by atoms with Crippen molar-refractivity contribution in [1.29, 1.82) is 0 Å². The van der Waals surface area contributed by atoms with Gasteiger partial charge in [-0.1, -0.05) is 0 Å². The molecule has 0 aliphatic heterocycles. The molecule has 1 aromatic rings. The molecule has 21 nitrogen and oxygen atoms in total. The first kappa shape index (κ1) is 66.1. The van der Waals surface area contributed by atoms with Gasteiger partial charge in [-0.3, -0.25) is 0 Å². The number of hydrogen-bond donors (Lipinski definition) is 0. The summed E-state index contributed by atoms with van der Waals surface area (Å²) in [6.07, 6.45) is 0. The van der Waals surface area contributed by atoms with Crippen LogP contribution >= 0.6 is 0 Å². The summed E-state index contributed by atoms with van der Waals surface area (Å²) in [4.78, 5) is -20.1. The van der Waals surface area contributed by atoms with Crippen LogP contribution in [-0.2, 0) is 60.7 Å². The SMILES string of the molecule is O.O.O.O=S(=O)([O-])c1c(S(=O)(=O)[O-])c(S(=O)(=O)[O-])c(S(=O)(=O)[O-])c(S(=O)(=O)[O-])c1S(=O)(=O)[O-].[Na+].[Na+].[Na+].[Na+].[Na+].[Na+]. The molecule has 0 saturated carbocycles. The maximum absolute atomic E-state index is 11.3. The zero-order chi connectivity index (χ0) is 24.5. The molecular weight excluding hydrogens is 738 g/mol. The minimum absolute atomic E-state index is 0. The largest absolute Gasteiger partial charge is 1.00 e. The quantitative estimate of drug-likeness (QED) is 0.193. The van der Waals surface area contributed by atoms with Crippen molar-refractivity contribution in [2.75, 3.05) is 0 Å². The molecule has 1 aromatic carbocycles. The van der Waals surface area contributed by atoms with Gasteiger partial charge < -0.3 is 43.7 Å². The second-order valence-corrected chi connectivity index (χ2v) is 12.6. The van der Waals surface area contributed by atoms with Crippen molar-refractivity contribution in [3.63, 3.8) is 0 Å². The average Bonchev–Trinajstić information content (AvgIpc) is 2.37. The van der Waals surface area contributed by atoms with Gasteiger partial charge in [-0.2, -0.15) is 0 Å². The predicted molar refractivity (Wildman–Crippen MR) is 85.1 cm³/mol. The van der Waals surface area contributed by atoms with E-state index in [4.69, 9.17) is 0 Å². The zero-order valence-electron chi connectivity index (χ0n) is 20.3. The van der Waals surface area contributed by atoms with E-state index in [9.17, 15) is 77.8 Å². The molecule has 39 heavy (non-hydrogen) atoms. The fourth-order valence-corrected chi connectivity index (χ4v) is 9.99. The summed E-state index contributed by atoms with van der Waals surface area (Å²) in [5.41, 5.74) is 0. The van der Waals surface area contributed by atoms with Crippen LogP contribution in [0.25, 0.3) is 0 Å². The van der Waals surface area contributed by atoms with Crippen molar-refractivity contribution in [3.8, 4) is 0 Å². The number of rotatable bonds is 6. The predicted octanol–water partition coefficient (Wildman–Crippen LogP) is -25.3. The standard InChI is InChI=1S/C6H6O18S6.6Na.3H2O/c7-25(8,9)1-2(26(10,11)12)4(28(16,17)18)6(30(22,23)24)5(29(19,20)21)3(1)27(13,14)15;;;;;;;;;/h(H,7,8,9)(H,10,11,12)(H,13,14,15)(H,16,17,18)(H,19,20,21)(H,22,23,24);;;;;;;3*1H2/q;6*+1;;;/p-6. The molecule has 0 radical (unpaired) electrons. The fraction of sp³-hybridized carbons (Fsp3) is 0. The van der Waals surface area contributed by atoms with Crippen LogP contribution in [0.4, 0.5) is 0 Å². The Morgan fingerprint density at radius 2 is 0.308 bits per heavy atom. The molecule has 0 spiro atoms. The Labute approximate surface area is 354 Å². The van der Waals surface area contributed by atoms with Gasteiger partial charge in [0, 0.05) is 0 Å². The maximum atomic E-state index is 11.3.